The summed E-state index contributed by atoms with van der Waals surface area (Å²) in [6.07, 6.45) is 0. The summed E-state index contributed by atoms with van der Waals surface area (Å²) in [5.74, 6) is -0.536. The van der Waals surface area contributed by atoms with Gasteiger partial charge < -0.3 is 9.47 Å². The van der Waals surface area contributed by atoms with Crippen LogP contribution in [0.3, 0.4) is 0 Å². The maximum Gasteiger partial charge on any atom is 0.337 e. The number of hydrogen-bond acceptors (Lipinski definition) is 4. The Kier molecular flexibility index (Phi) is 14.8. The highest BCUT2D eigenvalue weighted by molar-refractivity contribution is 5.89. The molecule has 98 valence electrons. The number of methoxy groups -OCH3 is 2. The summed E-state index contributed by atoms with van der Waals surface area (Å²) in [7, 11) is 2.72. The third-order valence-corrected chi connectivity index (χ3v) is 1.48. The van der Waals surface area contributed by atoms with E-state index < -0.39 is 0 Å². The molecule has 0 amide bonds. The van der Waals surface area contributed by atoms with Crippen molar-refractivity contribution in [3.63, 3.8) is 0 Å². The molecule has 0 aliphatic heterocycles. The second-order valence-corrected chi connectivity index (χ2v) is 2.55. The standard InChI is InChI=1S/C8H8O2.C3H6O2.2CH4/c1-10-8(9)7-5-3-2-4-6-7;1-3(4)5-2;;/h2-6H,1H3;1-2H3;2*1H4. The van der Waals surface area contributed by atoms with E-state index in [1.54, 1.807) is 24.3 Å². The molecule has 0 unspecified atom stereocenters. The van der Waals surface area contributed by atoms with Crippen molar-refractivity contribution in [2.24, 2.45) is 0 Å². The molecule has 17 heavy (non-hydrogen) atoms. The minimum absolute atomic E-state index is 0. The van der Waals surface area contributed by atoms with Gasteiger partial charge in [0.25, 0.3) is 0 Å². The Morgan fingerprint density at radius 1 is 0.941 bits per heavy atom. The topological polar surface area (TPSA) is 52.6 Å². The average molecular weight is 242 g/mol. The van der Waals surface area contributed by atoms with Gasteiger partial charge in [0.1, 0.15) is 0 Å². The van der Waals surface area contributed by atoms with E-state index in [1.807, 2.05) is 6.07 Å². The summed E-state index contributed by atoms with van der Waals surface area (Å²) in [6.45, 7) is 1.36. The Labute approximate surface area is 104 Å². The number of rotatable bonds is 1. The lowest BCUT2D eigenvalue weighted by Crippen LogP contribution is -1.99. The third-order valence-electron chi connectivity index (χ3n) is 1.48. The van der Waals surface area contributed by atoms with Crippen molar-refractivity contribution in [2.45, 2.75) is 21.8 Å². The summed E-state index contributed by atoms with van der Waals surface area (Å²) < 4.78 is 8.61. The van der Waals surface area contributed by atoms with Gasteiger partial charge in [0, 0.05) is 6.92 Å². The Morgan fingerprint density at radius 3 is 1.65 bits per heavy atom. The predicted molar refractivity (Wildman–Crippen MR) is 68.9 cm³/mol. The minimum atomic E-state index is -0.291. The maximum atomic E-state index is 10.8. The highest BCUT2D eigenvalue weighted by Gasteiger charge is 2.00. The number of benzene rings is 1. The molecule has 0 aliphatic carbocycles. The molecule has 0 atom stereocenters. The van der Waals surface area contributed by atoms with E-state index in [-0.39, 0.29) is 26.8 Å². The van der Waals surface area contributed by atoms with Crippen molar-refractivity contribution < 1.29 is 19.1 Å². The van der Waals surface area contributed by atoms with Gasteiger partial charge in [0.2, 0.25) is 0 Å². The summed E-state index contributed by atoms with van der Waals surface area (Å²) in [5, 5.41) is 0. The molecule has 0 saturated heterocycles. The molecule has 0 heterocycles. The number of ether oxygens (including phenoxy) is 2. The van der Waals surface area contributed by atoms with Gasteiger partial charge in [-0.2, -0.15) is 0 Å². The Morgan fingerprint density at radius 2 is 1.35 bits per heavy atom. The van der Waals surface area contributed by atoms with E-state index in [9.17, 15) is 9.59 Å². The molecule has 0 fully saturated rings. The second-order valence-electron chi connectivity index (χ2n) is 2.55. The van der Waals surface area contributed by atoms with Crippen molar-refractivity contribution in [3.05, 3.63) is 35.9 Å². The average Bonchev–Trinajstić information content (AvgIpc) is 2.30. The van der Waals surface area contributed by atoms with E-state index in [0.717, 1.165) is 0 Å². The van der Waals surface area contributed by atoms with Crippen LogP contribution in [0.1, 0.15) is 32.1 Å². The Balaban J connectivity index is -0.000000247. The molecule has 0 radical (unpaired) electrons. The molecule has 1 aromatic carbocycles. The normalized spacial score (nSPS) is 7.24. The molecule has 0 aliphatic rings. The second kappa shape index (κ2) is 12.2. The molecular weight excluding hydrogens is 220 g/mol. The van der Waals surface area contributed by atoms with Crippen LogP contribution in [0.25, 0.3) is 0 Å². The summed E-state index contributed by atoms with van der Waals surface area (Å²) in [5.41, 5.74) is 0.588. The Bertz CT molecular complexity index is 306. The fourth-order valence-corrected chi connectivity index (χ4v) is 0.692. The van der Waals surface area contributed by atoms with Gasteiger partial charge in [-0.3, -0.25) is 4.79 Å². The Hall–Kier alpha value is -1.84. The fourth-order valence-electron chi connectivity index (χ4n) is 0.692. The zero-order valence-corrected chi connectivity index (χ0v) is 9.02. The third kappa shape index (κ3) is 10.4. The van der Waals surface area contributed by atoms with Crippen LogP contribution in [-0.2, 0) is 14.3 Å². The number of carbonyl (C=O) groups excluding carboxylic acids is 2. The van der Waals surface area contributed by atoms with Crippen LogP contribution >= 0.6 is 0 Å². The van der Waals surface area contributed by atoms with Gasteiger partial charge in [-0.1, -0.05) is 33.1 Å². The summed E-state index contributed by atoms with van der Waals surface area (Å²) in [6, 6.07) is 8.88. The molecular formula is C13H22O4. The minimum Gasteiger partial charge on any atom is -0.469 e. The molecule has 1 aromatic rings. The first-order valence-corrected chi connectivity index (χ1v) is 4.29. The van der Waals surface area contributed by atoms with Crippen molar-refractivity contribution >= 4 is 11.9 Å². The van der Waals surface area contributed by atoms with Gasteiger partial charge in [-0.05, 0) is 12.1 Å². The van der Waals surface area contributed by atoms with Gasteiger partial charge >= 0.3 is 11.9 Å². The van der Waals surface area contributed by atoms with Crippen LogP contribution < -0.4 is 0 Å². The zero-order valence-electron chi connectivity index (χ0n) is 9.02. The lowest BCUT2D eigenvalue weighted by molar-refractivity contribution is -0.137. The van der Waals surface area contributed by atoms with Gasteiger partial charge in [0.15, 0.2) is 0 Å². The first-order valence-electron chi connectivity index (χ1n) is 4.29. The molecule has 4 heteroatoms. The van der Waals surface area contributed by atoms with E-state index in [4.69, 9.17) is 0 Å². The monoisotopic (exact) mass is 242 g/mol. The molecule has 0 bridgehead atoms. The van der Waals surface area contributed by atoms with E-state index in [1.165, 1.54) is 21.1 Å². The van der Waals surface area contributed by atoms with Gasteiger partial charge in [0.05, 0.1) is 19.8 Å². The molecule has 0 aromatic heterocycles. The van der Waals surface area contributed by atoms with Crippen LogP contribution in [0, 0.1) is 0 Å². The van der Waals surface area contributed by atoms with Crippen molar-refractivity contribution in [2.75, 3.05) is 14.2 Å². The lowest BCUT2D eigenvalue weighted by Gasteiger charge is -1.95. The van der Waals surface area contributed by atoms with E-state index in [0.29, 0.717) is 5.56 Å². The SMILES string of the molecule is C.C.COC(=O)c1ccccc1.COC(C)=O. The largest absolute Gasteiger partial charge is 0.469 e. The zero-order chi connectivity index (χ0) is 11.7. The van der Waals surface area contributed by atoms with Crippen molar-refractivity contribution in [1.29, 1.82) is 0 Å². The molecule has 0 saturated carbocycles. The van der Waals surface area contributed by atoms with Crippen LogP contribution in [0.4, 0.5) is 0 Å². The number of hydrogen-bond donors (Lipinski definition) is 0. The molecule has 0 N–H and O–H groups in total. The van der Waals surface area contributed by atoms with E-state index in [2.05, 4.69) is 9.47 Å². The van der Waals surface area contributed by atoms with Crippen molar-refractivity contribution in [1.82, 2.24) is 0 Å². The lowest BCUT2D eigenvalue weighted by atomic mass is 10.2. The highest BCUT2D eigenvalue weighted by atomic mass is 16.5. The number of carbonyl (C=O) groups is 2. The number of esters is 2. The highest BCUT2D eigenvalue weighted by Crippen LogP contribution is 1.98. The van der Waals surface area contributed by atoms with Gasteiger partial charge in [-0.15, -0.1) is 0 Å². The predicted octanol–water partition coefficient (Wildman–Crippen LogP) is 2.92. The first kappa shape index (κ1) is 20.6. The summed E-state index contributed by atoms with van der Waals surface area (Å²) >= 11 is 0. The van der Waals surface area contributed by atoms with Crippen LogP contribution in [0.5, 0.6) is 0 Å². The van der Waals surface area contributed by atoms with Crippen molar-refractivity contribution in [3.8, 4) is 0 Å². The van der Waals surface area contributed by atoms with Gasteiger partial charge in [-0.25, -0.2) is 4.79 Å². The molecule has 1 rings (SSSR count). The van der Waals surface area contributed by atoms with Crippen LogP contribution in [-0.4, -0.2) is 26.2 Å². The molecule has 0 spiro atoms. The summed E-state index contributed by atoms with van der Waals surface area (Å²) in [4.78, 5) is 20.4. The van der Waals surface area contributed by atoms with Crippen LogP contribution in [0.2, 0.25) is 0 Å². The smallest absolute Gasteiger partial charge is 0.337 e. The van der Waals surface area contributed by atoms with Crippen LogP contribution in [0.15, 0.2) is 30.3 Å². The maximum absolute atomic E-state index is 10.8. The first-order chi connectivity index (χ1) is 7.11. The quantitative estimate of drug-likeness (QED) is 0.710. The fraction of sp³-hybridized carbons (Fsp3) is 0.385. The van der Waals surface area contributed by atoms with E-state index >= 15 is 0 Å². The molecule has 4 nitrogen and oxygen atoms in total.